The molecular weight excluding hydrogens is 484 g/mol. The highest BCUT2D eigenvalue weighted by Crippen LogP contribution is 2.29. The number of ether oxygens (including phenoxy) is 1. The smallest absolute Gasteiger partial charge is 0.267 e. The van der Waals surface area contributed by atoms with E-state index in [1.54, 1.807) is 54.9 Å². The number of nitrogens with two attached hydrogens (primary N) is 1. The van der Waals surface area contributed by atoms with E-state index < -0.39 is 24.3 Å². The number of nitrogens with one attached hydrogen (secondary N) is 1. The molecule has 5 rings (SSSR count). The summed E-state index contributed by atoms with van der Waals surface area (Å²) in [5.41, 5.74) is 8.53. The second-order valence-electron chi connectivity index (χ2n) is 8.64. The van der Waals surface area contributed by atoms with Crippen LogP contribution in [0.15, 0.2) is 54.9 Å². The van der Waals surface area contributed by atoms with E-state index in [0.29, 0.717) is 16.8 Å². The van der Waals surface area contributed by atoms with Gasteiger partial charge in [-0.15, -0.1) is 5.10 Å². The molecule has 1 saturated heterocycles. The van der Waals surface area contributed by atoms with Crippen LogP contribution in [-0.2, 0) is 6.54 Å². The Hall–Kier alpha value is -4.61. The van der Waals surface area contributed by atoms with Gasteiger partial charge < -0.3 is 20.7 Å². The third kappa shape index (κ3) is 4.90. The number of likely N-dealkylation sites (tertiary alicyclic amines) is 1. The number of amides is 2. The first kappa shape index (κ1) is 24.1. The molecule has 0 aliphatic carbocycles. The number of halogens is 2. The average molecular weight is 508 g/mol. The van der Waals surface area contributed by atoms with Crippen LogP contribution in [0.1, 0.15) is 32.7 Å². The highest BCUT2D eigenvalue weighted by Gasteiger charge is 2.40. The molecule has 0 spiro atoms. The predicted octanol–water partition coefficient (Wildman–Crippen LogP) is 2.79. The van der Waals surface area contributed by atoms with E-state index in [0.717, 1.165) is 10.5 Å². The van der Waals surface area contributed by atoms with Gasteiger partial charge in [0.15, 0.2) is 5.65 Å². The highest BCUT2D eigenvalue weighted by atomic mass is 19.3. The van der Waals surface area contributed by atoms with E-state index in [9.17, 15) is 18.4 Å². The highest BCUT2D eigenvalue weighted by molar-refractivity contribution is 5.98. The maximum Gasteiger partial charge on any atom is 0.267 e. The van der Waals surface area contributed by atoms with Gasteiger partial charge in [0.1, 0.15) is 5.56 Å². The molecule has 190 valence electrons. The normalized spacial score (nSPS) is 14.6. The average Bonchev–Trinajstić information content (AvgIpc) is 3.46. The third-order valence-corrected chi connectivity index (χ3v) is 6.12. The van der Waals surface area contributed by atoms with Crippen LogP contribution in [0.3, 0.4) is 0 Å². The number of carbonyl (C=O) groups excluding carboxylic acids is 2. The molecule has 0 radical (unpaired) electrons. The first-order valence-electron chi connectivity index (χ1n) is 11.4. The molecule has 2 amide bonds. The van der Waals surface area contributed by atoms with Gasteiger partial charge in [0.25, 0.3) is 17.7 Å². The minimum Gasteiger partial charge on any atom is -0.480 e. The SMILES string of the molecule is COc1ncc(-c2ccn3nc(N)nc3c2)cc1C(=O)NCc1ccccc1C(=O)N1CCC(F)(F)C1. The monoisotopic (exact) mass is 507 g/mol. The summed E-state index contributed by atoms with van der Waals surface area (Å²) in [7, 11) is 1.41. The number of fused-ring (bicyclic) bond motifs is 1. The number of carbonyl (C=O) groups is 2. The Kier molecular flexibility index (Phi) is 6.15. The Balaban J connectivity index is 1.36. The van der Waals surface area contributed by atoms with E-state index >= 15 is 0 Å². The van der Waals surface area contributed by atoms with Gasteiger partial charge in [0, 0.05) is 43.0 Å². The summed E-state index contributed by atoms with van der Waals surface area (Å²) in [6.07, 6.45) is 2.90. The Bertz CT molecular complexity index is 1500. The molecule has 0 bridgehead atoms. The van der Waals surface area contributed by atoms with Crippen LogP contribution in [0.5, 0.6) is 5.88 Å². The van der Waals surface area contributed by atoms with Crippen molar-refractivity contribution in [3.8, 4) is 17.0 Å². The first-order chi connectivity index (χ1) is 17.7. The molecule has 0 saturated carbocycles. The van der Waals surface area contributed by atoms with Gasteiger partial charge in [0.2, 0.25) is 11.8 Å². The molecule has 1 aromatic carbocycles. The van der Waals surface area contributed by atoms with Crippen molar-refractivity contribution in [2.75, 3.05) is 25.9 Å². The van der Waals surface area contributed by atoms with Gasteiger partial charge in [-0.1, -0.05) is 18.2 Å². The van der Waals surface area contributed by atoms with E-state index in [1.807, 2.05) is 0 Å². The van der Waals surface area contributed by atoms with Gasteiger partial charge in [-0.3, -0.25) is 9.59 Å². The summed E-state index contributed by atoms with van der Waals surface area (Å²) in [4.78, 5) is 35.6. The minimum atomic E-state index is -2.89. The zero-order chi connectivity index (χ0) is 26.2. The minimum absolute atomic E-state index is 0.00332. The van der Waals surface area contributed by atoms with Crippen LogP contribution in [0.2, 0.25) is 0 Å². The number of methoxy groups -OCH3 is 1. The number of nitrogens with zero attached hydrogens (tertiary/aromatic N) is 5. The van der Waals surface area contributed by atoms with E-state index in [-0.39, 0.29) is 42.5 Å². The van der Waals surface area contributed by atoms with E-state index in [1.165, 1.54) is 11.6 Å². The molecule has 1 aliphatic rings. The zero-order valence-electron chi connectivity index (χ0n) is 19.8. The van der Waals surface area contributed by atoms with Crippen molar-refractivity contribution in [3.05, 3.63) is 71.5 Å². The Morgan fingerprint density at radius 3 is 2.73 bits per heavy atom. The van der Waals surface area contributed by atoms with Crippen molar-refractivity contribution >= 4 is 23.4 Å². The summed E-state index contributed by atoms with van der Waals surface area (Å²) >= 11 is 0. The van der Waals surface area contributed by atoms with Crippen LogP contribution in [-0.4, -0.2) is 62.4 Å². The van der Waals surface area contributed by atoms with Gasteiger partial charge >= 0.3 is 0 Å². The lowest BCUT2D eigenvalue weighted by molar-refractivity contribution is 0.0120. The molecule has 0 atom stereocenters. The summed E-state index contributed by atoms with van der Waals surface area (Å²) in [6.45, 7) is -0.631. The molecule has 1 aliphatic heterocycles. The lowest BCUT2D eigenvalue weighted by Gasteiger charge is -2.18. The van der Waals surface area contributed by atoms with Crippen LogP contribution in [0.4, 0.5) is 14.7 Å². The Morgan fingerprint density at radius 2 is 1.97 bits per heavy atom. The molecule has 0 unspecified atom stereocenters. The zero-order valence-corrected chi connectivity index (χ0v) is 19.8. The van der Waals surface area contributed by atoms with Gasteiger partial charge in [-0.25, -0.2) is 18.3 Å². The molecular formula is C25H23F2N7O3. The van der Waals surface area contributed by atoms with Gasteiger partial charge in [-0.05, 0) is 35.4 Å². The summed E-state index contributed by atoms with van der Waals surface area (Å²) in [5.74, 6) is -3.60. The number of hydrogen-bond acceptors (Lipinski definition) is 7. The summed E-state index contributed by atoms with van der Waals surface area (Å²) in [5, 5.41) is 6.83. The fourth-order valence-electron chi connectivity index (χ4n) is 4.25. The number of rotatable bonds is 6. The van der Waals surface area contributed by atoms with E-state index in [4.69, 9.17) is 10.5 Å². The first-order valence-corrected chi connectivity index (χ1v) is 11.4. The second-order valence-corrected chi connectivity index (χ2v) is 8.64. The quantitative estimate of drug-likeness (QED) is 0.411. The molecule has 1 fully saturated rings. The number of aromatic nitrogens is 4. The molecule has 10 nitrogen and oxygen atoms in total. The fourth-order valence-corrected chi connectivity index (χ4v) is 4.25. The molecule has 37 heavy (non-hydrogen) atoms. The number of hydrogen-bond donors (Lipinski definition) is 2. The molecule has 12 heteroatoms. The number of benzene rings is 1. The van der Waals surface area contributed by atoms with Crippen LogP contribution < -0.4 is 15.8 Å². The lowest BCUT2D eigenvalue weighted by atomic mass is 10.1. The van der Waals surface area contributed by atoms with Crippen molar-refractivity contribution in [3.63, 3.8) is 0 Å². The number of nitrogen functional groups attached to an aromatic ring is 1. The summed E-state index contributed by atoms with van der Waals surface area (Å²) in [6, 6.07) is 11.8. The van der Waals surface area contributed by atoms with Crippen molar-refractivity contribution in [2.24, 2.45) is 0 Å². The van der Waals surface area contributed by atoms with Crippen molar-refractivity contribution in [1.82, 2.24) is 29.8 Å². The fraction of sp³-hybridized carbons (Fsp3) is 0.240. The number of pyridine rings is 2. The van der Waals surface area contributed by atoms with Gasteiger partial charge in [-0.2, -0.15) is 4.98 Å². The van der Waals surface area contributed by atoms with Crippen LogP contribution in [0, 0.1) is 0 Å². The second kappa shape index (κ2) is 9.45. The molecule has 3 aromatic heterocycles. The Labute approximate surface area is 210 Å². The maximum atomic E-state index is 13.6. The van der Waals surface area contributed by atoms with Crippen LogP contribution >= 0.6 is 0 Å². The number of anilines is 1. The van der Waals surface area contributed by atoms with Crippen molar-refractivity contribution < 1.29 is 23.1 Å². The van der Waals surface area contributed by atoms with Gasteiger partial charge in [0.05, 0.1) is 13.7 Å². The molecule has 4 aromatic rings. The maximum absolute atomic E-state index is 13.6. The third-order valence-electron chi connectivity index (χ3n) is 6.12. The lowest BCUT2D eigenvalue weighted by Crippen LogP contribution is -2.33. The standard InChI is InChI=1S/C25H23F2N7O3/c1-37-22-19(10-17(13-30-22)15-6-8-34-20(11-15)31-24(28)32-34)21(35)29-12-16-4-2-3-5-18(16)23(36)33-9-7-25(26,27)14-33/h2-6,8,10-11,13H,7,9,12,14H2,1H3,(H2,28,32)(H,29,35). The predicted molar refractivity (Wildman–Crippen MR) is 130 cm³/mol. The van der Waals surface area contributed by atoms with Crippen molar-refractivity contribution in [1.29, 1.82) is 0 Å². The van der Waals surface area contributed by atoms with Crippen molar-refractivity contribution in [2.45, 2.75) is 18.9 Å². The Morgan fingerprint density at radius 1 is 1.16 bits per heavy atom. The number of alkyl halides is 2. The van der Waals surface area contributed by atoms with E-state index in [2.05, 4.69) is 20.4 Å². The topological polar surface area (TPSA) is 128 Å². The largest absolute Gasteiger partial charge is 0.480 e. The summed E-state index contributed by atoms with van der Waals surface area (Å²) < 4.78 is 34.1. The molecule has 3 N–H and O–H groups in total. The molecule has 4 heterocycles. The van der Waals surface area contributed by atoms with Crippen LogP contribution in [0.25, 0.3) is 16.8 Å².